The summed E-state index contributed by atoms with van der Waals surface area (Å²) in [5, 5.41) is 0.268. The second kappa shape index (κ2) is 8.28. The number of benzene rings is 2. The van der Waals surface area contributed by atoms with Gasteiger partial charge in [0.25, 0.3) is 0 Å². The molecule has 0 aliphatic carbocycles. The molecule has 4 rings (SSSR count). The molecule has 2 aromatic carbocycles. The quantitative estimate of drug-likeness (QED) is 0.724. The Labute approximate surface area is 173 Å². The number of hydrogen-bond acceptors (Lipinski definition) is 4. The van der Waals surface area contributed by atoms with Crippen molar-refractivity contribution in [1.29, 1.82) is 0 Å². The summed E-state index contributed by atoms with van der Waals surface area (Å²) in [6, 6.07) is 15.6. The predicted octanol–water partition coefficient (Wildman–Crippen LogP) is 3.45. The Hall–Kier alpha value is -2.19. The topological polar surface area (TPSA) is 66.8 Å². The highest BCUT2D eigenvalue weighted by Crippen LogP contribution is 2.41. The smallest absolute Gasteiger partial charge is 0.248 e. The van der Waals surface area contributed by atoms with Gasteiger partial charge in [-0.2, -0.15) is 4.99 Å². The van der Waals surface area contributed by atoms with Gasteiger partial charge in [0.1, 0.15) is 5.82 Å². The average molecular weight is 433 g/mol. The van der Waals surface area contributed by atoms with E-state index in [0.717, 1.165) is 6.42 Å². The number of sulfone groups is 1. The summed E-state index contributed by atoms with van der Waals surface area (Å²) in [7, 11) is -3.15. The first kappa shape index (κ1) is 20.1. The number of anilines is 1. The van der Waals surface area contributed by atoms with Gasteiger partial charge in [0.2, 0.25) is 5.91 Å². The molecule has 2 aromatic rings. The van der Waals surface area contributed by atoms with Crippen molar-refractivity contribution >= 4 is 38.4 Å². The van der Waals surface area contributed by atoms with Gasteiger partial charge in [-0.1, -0.05) is 48.2 Å². The van der Waals surface area contributed by atoms with Crippen molar-refractivity contribution in [2.24, 2.45) is 4.99 Å². The molecule has 2 saturated heterocycles. The lowest BCUT2D eigenvalue weighted by Gasteiger charge is -2.24. The van der Waals surface area contributed by atoms with Crippen molar-refractivity contribution in [1.82, 2.24) is 0 Å². The Balaban J connectivity index is 1.51. The summed E-state index contributed by atoms with van der Waals surface area (Å²) in [5.41, 5.74) is 1.70. The Bertz CT molecular complexity index is 1040. The third kappa shape index (κ3) is 4.70. The van der Waals surface area contributed by atoms with E-state index in [0.29, 0.717) is 23.7 Å². The lowest BCUT2D eigenvalue weighted by Crippen LogP contribution is -2.37. The molecule has 0 saturated carbocycles. The summed E-state index contributed by atoms with van der Waals surface area (Å²) in [6.45, 7) is 0. The minimum absolute atomic E-state index is 0.0115. The van der Waals surface area contributed by atoms with Crippen LogP contribution in [-0.2, 0) is 21.1 Å². The van der Waals surface area contributed by atoms with Crippen molar-refractivity contribution in [2.75, 3.05) is 16.4 Å². The van der Waals surface area contributed by atoms with E-state index in [2.05, 4.69) is 4.99 Å². The molecule has 8 heteroatoms. The molecule has 2 unspecified atom stereocenters. The Morgan fingerprint density at radius 3 is 2.69 bits per heavy atom. The van der Waals surface area contributed by atoms with E-state index in [9.17, 15) is 17.6 Å². The summed E-state index contributed by atoms with van der Waals surface area (Å²) in [6.07, 6.45) is 1.79. The van der Waals surface area contributed by atoms with Crippen LogP contribution < -0.4 is 4.90 Å². The van der Waals surface area contributed by atoms with E-state index in [1.165, 1.54) is 29.5 Å². The maximum Gasteiger partial charge on any atom is 0.248 e. The molecule has 2 fully saturated rings. The van der Waals surface area contributed by atoms with Crippen LogP contribution in [0.25, 0.3) is 0 Å². The normalized spacial score (nSPS) is 24.0. The lowest BCUT2D eigenvalue weighted by molar-refractivity contribution is -0.117. The average Bonchev–Trinajstić information content (AvgIpc) is 3.13. The van der Waals surface area contributed by atoms with Gasteiger partial charge in [-0.15, -0.1) is 0 Å². The summed E-state index contributed by atoms with van der Waals surface area (Å²) < 4.78 is 37.9. The van der Waals surface area contributed by atoms with Crippen LogP contribution in [0.5, 0.6) is 0 Å². The first-order valence-corrected chi connectivity index (χ1v) is 12.2. The molecule has 152 valence electrons. The number of aliphatic imine (C=N–C) groups is 1. The molecule has 2 heterocycles. The third-order valence-corrected chi connectivity index (χ3v) is 8.28. The van der Waals surface area contributed by atoms with Crippen molar-refractivity contribution in [3.8, 4) is 0 Å². The maximum atomic E-state index is 13.8. The number of carbonyl (C=O) groups is 1. The number of hydrogen-bond donors (Lipinski definition) is 0. The van der Waals surface area contributed by atoms with Crippen molar-refractivity contribution in [2.45, 2.75) is 30.6 Å². The number of carbonyl (C=O) groups excluding carboxylic acids is 1. The van der Waals surface area contributed by atoms with Crippen molar-refractivity contribution in [3.05, 3.63) is 66.0 Å². The van der Waals surface area contributed by atoms with Gasteiger partial charge in [-0.05, 0) is 36.6 Å². The fourth-order valence-electron chi connectivity index (χ4n) is 3.74. The predicted molar refractivity (Wildman–Crippen MR) is 115 cm³/mol. The molecule has 2 atom stereocenters. The summed E-state index contributed by atoms with van der Waals surface area (Å²) >= 11 is 1.30. The van der Waals surface area contributed by atoms with E-state index in [1.54, 1.807) is 17.0 Å². The van der Waals surface area contributed by atoms with Crippen LogP contribution in [-0.4, -0.2) is 42.3 Å². The maximum absolute atomic E-state index is 13.8. The molecule has 2 aliphatic rings. The van der Waals surface area contributed by atoms with E-state index < -0.39 is 15.7 Å². The minimum Gasteiger partial charge on any atom is -0.315 e. The zero-order valence-corrected chi connectivity index (χ0v) is 17.3. The molecule has 2 aliphatic heterocycles. The van der Waals surface area contributed by atoms with Gasteiger partial charge in [0.05, 0.1) is 17.5 Å². The number of thioether (sulfide) groups is 1. The van der Waals surface area contributed by atoms with Crippen LogP contribution in [0.1, 0.15) is 18.4 Å². The first-order valence-electron chi connectivity index (χ1n) is 9.49. The molecule has 0 radical (unpaired) electrons. The van der Waals surface area contributed by atoms with Gasteiger partial charge in [0.15, 0.2) is 15.0 Å². The Morgan fingerprint density at radius 2 is 1.93 bits per heavy atom. The Kier molecular flexibility index (Phi) is 5.74. The molecule has 5 nitrogen and oxygen atoms in total. The van der Waals surface area contributed by atoms with Crippen LogP contribution in [0.4, 0.5) is 10.1 Å². The van der Waals surface area contributed by atoms with Gasteiger partial charge in [0, 0.05) is 17.4 Å². The molecule has 29 heavy (non-hydrogen) atoms. The van der Waals surface area contributed by atoms with Crippen LogP contribution in [0.15, 0.2) is 59.6 Å². The standard InChI is InChI=1S/C21H21FN2O3S2/c22-16-9-5-10-17(12-16)24-18-13-29(26,27)14-19(18)28-21(24)23-20(25)11-4-8-15-6-2-1-3-7-15/h1-3,5-7,9-10,12,18-19H,4,8,11,13-14H2. The third-order valence-electron chi connectivity index (χ3n) is 5.07. The highest BCUT2D eigenvalue weighted by molar-refractivity contribution is 8.16. The van der Waals surface area contributed by atoms with E-state index in [4.69, 9.17) is 0 Å². The lowest BCUT2D eigenvalue weighted by atomic mass is 10.1. The van der Waals surface area contributed by atoms with Gasteiger partial charge < -0.3 is 4.90 Å². The molecular formula is C21H21FN2O3S2. The van der Waals surface area contributed by atoms with Gasteiger partial charge in [-0.25, -0.2) is 12.8 Å². The monoisotopic (exact) mass is 432 g/mol. The van der Waals surface area contributed by atoms with E-state index in [-0.39, 0.29) is 28.7 Å². The summed E-state index contributed by atoms with van der Waals surface area (Å²) in [5.74, 6) is -0.615. The van der Waals surface area contributed by atoms with Crippen LogP contribution in [0.2, 0.25) is 0 Å². The molecule has 0 N–H and O–H groups in total. The Morgan fingerprint density at radius 1 is 1.14 bits per heavy atom. The van der Waals surface area contributed by atoms with E-state index in [1.807, 2.05) is 30.3 Å². The molecule has 1 amide bonds. The highest BCUT2D eigenvalue weighted by atomic mass is 32.2. The zero-order chi connectivity index (χ0) is 20.4. The number of halogens is 1. The number of rotatable bonds is 5. The fourth-order valence-corrected chi connectivity index (χ4v) is 7.67. The summed E-state index contributed by atoms with van der Waals surface area (Å²) in [4.78, 5) is 18.5. The van der Waals surface area contributed by atoms with Crippen LogP contribution >= 0.6 is 11.8 Å². The molecular weight excluding hydrogens is 411 g/mol. The van der Waals surface area contributed by atoms with E-state index >= 15 is 0 Å². The highest BCUT2D eigenvalue weighted by Gasteiger charge is 2.49. The molecule has 0 spiro atoms. The second-order valence-corrected chi connectivity index (χ2v) is 10.6. The van der Waals surface area contributed by atoms with Gasteiger partial charge in [-0.3, -0.25) is 4.79 Å². The van der Waals surface area contributed by atoms with Crippen molar-refractivity contribution < 1.29 is 17.6 Å². The number of fused-ring (bicyclic) bond motifs is 1. The minimum atomic E-state index is -3.15. The number of amides is 1. The second-order valence-electron chi connectivity index (χ2n) is 7.28. The fraction of sp³-hybridized carbons (Fsp3) is 0.333. The largest absolute Gasteiger partial charge is 0.315 e. The number of amidine groups is 1. The van der Waals surface area contributed by atoms with Crippen LogP contribution in [0, 0.1) is 5.82 Å². The molecule has 0 bridgehead atoms. The number of aryl methyl sites for hydroxylation is 1. The SMILES string of the molecule is O=C(CCCc1ccccc1)N=C1SC2CS(=O)(=O)CC2N1c1cccc(F)c1. The molecule has 0 aromatic heterocycles. The van der Waals surface area contributed by atoms with Crippen molar-refractivity contribution in [3.63, 3.8) is 0 Å². The first-order chi connectivity index (χ1) is 13.9. The van der Waals surface area contributed by atoms with Gasteiger partial charge >= 0.3 is 0 Å². The zero-order valence-electron chi connectivity index (χ0n) is 15.7. The van der Waals surface area contributed by atoms with Crippen LogP contribution in [0.3, 0.4) is 0 Å². The number of nitrogens with zero attached hydrogens (tertiary/aromatic N) is 2.